The Morgan fingerprint density at radius 2 is 1.48 bits per heavy atom. The number of carbonyl (C=O) groups excluding carboxylic acids is 1. The van der Waals surface area contributed by atoms with E-state index in [-0.39, 0.29) is 24.8 Å². The first-order valence-corrected chi connectivity index (χ1v) is 10.3. The fourth-order valence-corrected chi connectivity index (χ4v) is 2.86. The van der Waals surface area contributed by atoms with Crippen molar-refractivity contribution in [2.24, 2.45) is 0 Å². The van der Waals surface area contributed by atoms with E-state index in [0.717, 1.165) is 45.3 Å². The summed E-state index contributed by atoms with van der Waals surface area (Å²) in [7, 11) is 0. The van der Waals surface area contributed by atoms with Crippen LogP contribution >= 0.6 is 0 Å². The van der Waals surface area contributed by atoms with E-state index < -0.39 is 0 Å². The Hall–Kier alpha value is -0.770. The van der Waals surface area contributed by atoms with Gasteiger partial charge in [-0.1, -0.05) is 25.7 Å². The van der Waals surface area contributed by atoms with Crippen molar-refractivity contribution in [3.8, 4) is 0 Å². The number of aliphatic hydroxyl groups is 2. The zero-order valence-electron chi connectivity index (χ0n) is 16.5. The van der Waals surface area contributed by atoms with Crippen LogP contribution in [-0.4, -0.2) is 81.2 Å². The minimum Gasteiger partial charge on any atom is -0.394 e. The fraction of sp³-hybridized carbons (Fsp3) is 0.947. The molecule has 1 saturated heterocycles. The molecule has 0 radical (unpaired) electrons. The van der Waals surface area contributed by atoms with Gasteiger partial charge in [0, 0.05) is 19.5 Å². The minimum absolute atomic E-state index is 0.0128. The van der Waals surface area contributed by atoms with Crippen LogP contribution < -0.4 is 10.6 Å². The van der Waals surface area contributed by atoms with E-state index in [4.69, 9.17) is 24.4 Å². The second kappa shape index (κ2) is 16.2. The molecule has 8 heteroatoms. The Morgan fingerprint density at radius 1 is 0.889 bits per heavy atom. The predicted molar refractivity (Wildman–Crippen MR) is 102 cm³/mol. The highest BCUT2D eigenvalue weighted by atomic mass is 16.6. The SMILES string of the molecule is O=C(CCCCCCCCC1(NCCOCCO)CO1)NCCOCCO. The van der Waals surface area contributed by atoms with Gasteiger partial charge in [-0.25, -0.2) is 0 Å². The summed E-state index contributed by atoms with van der Waals surface area (Å²) in [6.45, 7) is 3.84. The molecule has 0 aliphatic carbocycles. The van der Waals surface area contributed by atoms with E-state index in [9.17, 15) is 4.79 Å². The molecule has 0 aromatic carbocycles. The van der Waals surface area contributed by atoms with Crippen molar-refractivity contribution in [3.63, 3.8) is 0 Å². The zero-order chi connectivity index (χ0) is 19.6. The maximum atomic E-state index is 11.6. The van der Waals surface area contributed by atoms with Crippen LogP contribution in [0.2, 0.25) is 0 Å². The molecule has 1 rings (SSSR count). The molecule has 1 atom stereocenters. The molecule has 1 unspecified atom stereocenters. The van der Waals surface area contributed by atoms with Crippen molar-refractivity contribution in [2.75, 3.05) is 59.3 Å². The number of unbranched alkanes of at least 4 members (excludes halogenated alkanes) is 5. The molecule has 8 nitrogen and oxygen atoms in total. The third kappa shape index (κ3) is 14.0. The summed E-state index contributed by atoms with van der Waals surface area (Å²) in [6.07, 6.45) is 8.26. The molecular weight excluding hydrogens is 352 g/mol. The monoisotopic (exact) mass is 390 g/mol. The maximum Gasteiger partial charge on any atom is 0.220 e. The van der Waals surface area contributed by atoms with Gasteiger partial charge in [-0.3, -0.25) is 10.1 Å². The van der Waals surface area contributed by atoms with Crippen LogP contribution in [0.15, 0.2) is 0 Å². The van der Waals surface area contributed by atoms with Gasteiger partial charge in [-0.2, -0.15) is 0 Å². The van der Waals surface area contributed by atoms with Gasteiger partial charge < -0.3 is 29.7 Å². The van der Waals surface area contributed by atoms with Crippen LogP contribution in [0.5, 0.6) is 0 Å². The molecule has 0 aromatic rings. The van der Waals surface area contributed by atoms with E-state index >= 15 is 0 Å². The molecule has 1 amide bonds. The summed E-state index contributed by atoms with van der Waals surface area (Å²) in [6, 6.07) is 0. The van der Waals surface area contributed by atoms with E-state index in [1.54, 1.807) is 0 Å². The number of hydrogen-bond acceptors (Lipinski definition) is 7. The lowest BCUT2D eigenvalue weighted by Gasteiger charge is -2.14. The number of ether oxygens (including phenoxy) is 3. The first-order valence-electron chi connectivity index (χ1n) is 10.3. The average molecular weight is 391 g/mol. The number of nitrogens with one attached hydrogen (secondary N) is 2. The van der Waals surface area contributed by atoms with Gasteiger partial charge >= 0.3 is 0 Å². The molecule has 27 heavy (non-hydrogen) atoms. The molecule has 0 spiro atoms. The van der Waals surface area contributed by atoms with Crippen molar-refractivity contribution in [3.05, 3.63) is 0 Å². The number of hydrogen-bond donors (Lipinski definition) is 4. The Labute approximate surface area is 162 Å². The number of aliphatic hydroxyl groups excluding tert-OH is 2. The third-order valence-corrected chi connectivity index (χ3v) is 4.46. The lowest BCUT2D eigenvalue weighted by atomic mass is 10.1. The molecular formula is C19H38N2O6. The van der Waals surface area contributed by atoms with Crippen molar-refractivity contribution in [1.82, 2.24) is 10.6 Å². The van der Waals surface area contributed by atoms with Crippen molar-refractivity contribution in [1.29, 1.82) is 0 Å². The predicted octanol–water partition coefficient (Wildman–Crippen LogP) is 0.557. The Kier molecular flexibility index (Phi) is 14.6. The van der Waals surface area contributed by atoms with Crippen molar-refractivity contribution < 1.29 is 29.2 Å². The standard InChI is InChI=1S/C19H38N2O6/c22-11-15-25-13-9-20-18(24)7-5-3-1-2-4-6-8-19(17-27-19)21-10-14-26-16-12-23/h21-23H,1-17H2,(H,20,24). The van der Waals surface area contributed by atoms with Crippen molar-refractivity contribution in [2.45, 2.75) is 57.1 Å². The molecule has 4 N–H and O–H groups in total. The quantitative estimate of drug-likeness (QED) is 0.177. The molecule has 0 saturated carbocycles. The highest BCUT2D eigenvalue weighted by Crippen LogP contribution is 2.29. The maximum absolute atomic E-state index is 11.6. The van der Waals surface area contributed by atoms with Gasteiger partial charge in [0.05, 0.1) is 46.2 Å². The smallest absolute Gasteiger partial charge is 0.220 e. The topological polar surface area (TPSA) is 113 Å². The summed E-state index contributed by atoms with van der Waals surface area (Å²) in [5.74, 6) is 0.0736. The number of rotatable bonds is 20. The first-order chi connectivity index (χ1) is 13.2. The summed E-state index contributed by atoms with van der Waals surface area (Å²) < 4.78 is 15.9. The molecule has 1 aliphatic rings. The molecule has 160 valence electrons. The molecule has 0 aromatic heterocycles. The summed E-state index contributed by atoms with van der Waals surface area (Å²) in [5, 5.41) is 23.4. The zero-order valence-corrected chi connectivity index (χ0v) is 16.5. The number of amides is 1. The van der Waals surface area contributed by atoms with Crippen LogP contribution in [0.25, 0.3) is 0 Å². The van der Waals surface area contributed by atoms with Gasteiger partial charge in [0.2, 0.25) is 5.91 Å². The average Bonchev–Trinajstić information content (AvgIpc) is 3.43. The second-order valence-corrected chi connectivity index (χ2v) is 6.85. The van der Waals surface area contributed by atoms with Gasteiger partial charge in [-0.15, -0.1) is 0 Å². The van der Waals surface area contributed by atoms with Crippen LogP contribution in [-0.2, 0) is 19.0 Å². The number of epoxide rings is 1. The van der Waals surface area contributed by atoms with Gasteiger partial charge in [0.1, 0.15) is 5.72 Å². The van der Waals surface area contributed by atoms with E-state index in [0.29, 0.717) is 39.4 Å². The summed E-state index contributed by atoms with van der Waals surface area (Å²) in [4.78, 5) is 11.6. The van der Waals surface area contributed by atoms with Gasteiger partial charge in [0.15, 0.2) is 0 Å². The Morgan fingerprint density at radius 3 is 2.11 bits per heavy atom. The van der Waals surface area contributed by atoms with E-state index in [1.807, 2.05) is 0 Å². The highest BCUT2D eigenvalue weighted by molar-refractivity contribution is 5.75. The second-order valence-electron chi connectivity index (χ2n) is 6.85. The normalized spacial score (nSPS) is 18.6. The van der Waals surface area contributed by atoms with Crippen LogP contribution in [0.4, 0.5) is 0 Å². The molecule has 1 aliphatic heterocycles. The van der Waals surface area contributed by atoms with Crippen molar-refractivity contribution >= 4 is 5.91 Å². The Bertz CT molecular complexity index is 366. The number of carbonyl (C=O) groups is 1. The lowest BCUT2D eigenvalue weighted by Crippen LogP contribution is -2.35. The first kappa shape index (κ1) is 24.3. The summed E-state index contributed by atoms with van der Waals surface area (Å²) >= 11 is 0. The minimum atomic E-state index is -0.137. The van der Waals surface area contributed by atoms with Gasteiger partial charge in [-0.05, 0) is 19.3 Å². The van der Waals surface area contributed by atoms with Crippen LogP contribution in [0.1, 0.15) is 51.4 Å². The molecule has 1 fully saturated rings. The van der Waals surface area contributed by atoms with Gasteiger partial charge in [0.25, 0.3) is 0 Å². The van der Waals surface area contributed by atoms with E-state index in [2.05, 4.69) is 10.6 Å². The van der Waals surface area contributed by atoms with Crippen LogP contribution in [0, 0.1) is 0 Å². The highest BCUT2D eigenvalue weighted by Gasteiger charge is 2.43. The molecule has 0 bridgehead atoms. The lowest BCUT2D eigenvalue weighted by molar-refractivity contribution is -0.121. The van der Waals surface area contributed by atoms with Crippen LogP contribution in [0.3, 0.4) is 0 Å². The third-order valence-electron chi connectivity index (χ3n) is 4.46. The summed E-state index contributed by atoms with van der Waals surface area (Å²) in [5.41, 5.74) is -0.137. The fourth-order valence-electron chi connectivity index (χ4n) is 2.86. The van der Waals surface area contributed by atoms with E-state index in [1.165, 1.54) is 12.8 Å². The largest absolute Gasteiger partial charge is 0.394 e. The molecule has 1 heterocycles. The Balaban J connectivity index is 1.83.